The lowest BCUT2D eigenvalue weighted by Gasteiger charge is -2.29. The molecule has 24 heavy (non-hydrogen) atoms. The molecule has 1 amide bonds. The topological polar surface area (TPSA) is 47.6 Å². The molecule has 1 aliphatic carbocycles. The first-order valence-corrected chi connectivity index (χ1v) is 9.79. The first-order valence-electron chi connectivity index (χ1n) is 8.63. The Labute approximate surface area is 149 Å². The van der Waals surface area contributed by atoms with E-state index in [9.17, 15) is 4.79 Å². The maximum Gasteiger partial charge on any atom is 0.230 e. The van der Waals surface area contributed by atoms with Crippen molar-refractivity contribution in [1.82, 2.24) is 5.32 Å². The van der Waals surface area contributed by atoms with E-state index in [1.807, 2.05) is 12.1 Å². The number of nitrogens with one attached hydrogen (secondary N) is 1. The van der Waals surface area contributed by atoms with Crippen LogP contribution in [0.3, 0.4) is 0 Å². The van der Waals surface area contributed by atoms with Crippen LogP contribution in [0.2, 0.25) is 0 Å². The van der Waals surface area contributed by atoms with E-state index in [4.69, 9.17) is 9.47 Å². The fraction of sp³-hybridized carbons (Fsp3) is 0.632. The summed E-state index contributed by atoms with van der Waals surface area (Å²) >= 11 is 1.64. The zero-order chi connectivity index (χ0) is 17.5. The molecular weight excluding hydrogens is 322 g/mol. The Morgan fingerprint density at radius 3 is 2.54 bits per heavy atom. The minimum absolute atomic E-state index is 0.150. The number of benzene rings is 1. The third-order valence-corrected chi connectivity index (χ3v) is 5.77. The molecule has 4 nitrogen and oxygen atoms in total. The van der Waals surface area contributed by atoms with Crippen LogP contribution in [0.15, 0.2) is 12.1 Å². The van der Waals surface area contributed by atoms with Crippen molar-refractivity contribution in [3.63, 3.8) is 0 Å². The van der Waals surface area contributed by atoms with E-state index in [1.54, 1.807) is 26.0 Å². The van der Waals surface area contributed by atoms with Crippen LogP contribution < -0.4 is 14.8 Å². The van der Waals surface area contributed by atoms with Crippen LogP contribution in [0.4, 0.5) is 0 Å². The number of carbonyl (C=O) groups is 1. The Kier molecular flexibility index (Phi) is 7.28. The molecule has 0 bridgehead atoms. The Morgan fingerprint density at radius 1 is 1.21 bits per heavy atom. The lowest BCUT2D eigenvalue weighted by atomic mass is 9.86. The summed E-state index contributed by atoms with van der Waals surface area (Å²) in [4.78, 5) is 12.2. The highest BCUT2D eigenvalue weighted by Crippen LogP contribution is 2.32. The third kappa shape index (κ3) is 5.07. The van der Waals surface area contributed by atoms with Crippen LogP contribution in [0, 0.1) is 12.8 Å². The molecule has 5 heteroatoms. The Morgan fingerprint density at radius 2 is 1.88 bits per heavy atom. The van der Waals surface area contributed by atoms with Gasteiger partial charge in [0.2, 0.25) is 5.91 Å². The minimum atomic E-state index is 0.150. The van der Waals surface area contributed by atoms with Gasteiger partial charge in [-0.15, -0.1) is 11.8 Å². The summed E-state index contributed by atoms with van der Waals surface area (Å²) in [6.45, 7) is 4.30. The number of hydrogen-bond donors (Lipinski definition) is 1. The second-order valence-corrected chi connectivity index (χ2v) is 7.55. The van der Waals surface area contributed by atoms with Gasteiger partial charge in [-0.05, 0) is 48.9 Å². The lowest BCUT2D eigenvalue weighted by Crippen LogP contribution is -2.41. The van der Waals surface area contributed by atoms with Gasteiger partial charge in [0.25, 0.3) is 0 Å². The van der Waals surface area contributed by atoms with Crippen molar-refractivity contribution >= 4 is 17.7 Å². The first-order chi connectivity index (χ1) is 11.5. The van der Waals surface area contributed by atoms with E-state index >= 15 is 0 Å². The van der Waals surface area contributed by atoms with Gasteiger partial charge in [-0.3, -0.25) is 4.79 Å². The molecule has 0 aromatic heterocycles. The summed E-state index contributed by atoms with van der Waals surface area (Å²) in [7, 11) is 3.28. The van der Waals surface area contributed by atoms with E-state index in [2.05, 4.69) is 19.2 Å². The van der Waals surface area contributed by atoms with Gasteiger partial charge >= 0.3 is 0 Å². The molecule has 0 saturated heterocycles. The molecule has 1 aromatic rings. The van der Waals surface area contributed by atoms with Crippen LogP contribution in [0.5, 0.6) is 11.5 Å². The molecule has 1 aliphatic rings. The lowest BCUT2D eigenvalue weighted by molar-refractivity contribution is -0.119. The van der Waals surface area contributed by atoms with Crippen LogP contribution in [-0.4, -0.2) is 31.9 Å². The van der Waals surface area contributed by atoms with E-state index < -0.39 is 0 Å². The van der Waals surface area contributed by atoms with Crippen molar-refractivity contribution in [3.05, 3.63) is 23.3 Å². The maximum absolute atomic E-state index is 12.2. The van der Waals surface area contributed by atoms with E-state index in [0.29, 0.717) is 17.7 Å². The predicted octanol–water partition coefficient (Wildman–Crippen LogP) is 3.94. The average Bonchev–Trinajstić information content (AvgIpc) is 2.58. The Balaban J connectivity index is 1.84. The Hall–Kier alpha value is -1.36. The number of hydrogen-bond acceptors (Lipinski definition) is 4. The highest BCUT2D eigenvalue weighted by atomic mass is 32.2. The second-order valence-electron chi connectivity index (χ2n) is 6.56. The zero-order valence-electron chi connectivity index (χ0n) is 15.2. The van der Waals surface area contributed by atoms with Crippen LogP contribution >= 0.6 is 11.8 Å². The summed E-state index contributed by atoms with van der Waals surface area (Å²) in [5.74, 6) is 3.52. The molecule has 0 unspecified atom stereocenters. The largest absolute Gasteiger partial charge is 0.493 e. The second kappa shape index (κ2) is 9.21. The summed E-state index contributed by atoms with van der Waals surface area (Å²) < 4.78 is 10.7. The predicted molar refractivity (Wildman–Crippen MR) is 100 cm³/mol. The molecular formula is C19H29NO3S. The van der Waals surface area contributed by atoms with Gasteiger partial charge < -0.3 is 14.8 Å². The summed E-state index contributed by atoms with van der Waals surface area (Å²) in [6, 6.07) is 4.34. The number of ether oxygens (including phenoxy) is 2. The summed E-state index contributed by atoms with van der Waals surface area (Å²) in [5.41, 5.74) is 2.33. The first kappa shape index (κ1) is 19.0. The monoisotopic (exact) mass is 351 g/mol. The third-order valence-electron chi connectivity index (χ3n) is 4.79. The van der Waals surface area contributed by atoms with Crippen LogP contribution in [-0.2, 0) is 10.5 Å². The van der Waals surface area contributed by atoms with Crippen molar-refractivity contribution < 1.29 is 14.3 Å². The molecule has 1 fully saturated rings. The molecule has 2 atom stereocenters. The SMILES string of the molecule is COc1cc(C)c(CSCC(=O)N[C@@H]2CCCC[C@H]2C)cc1OC. The normalized spacial score (nSPS) is 20.5. The van der Waals surface area contributed by atoms with Crippen LogP contribution in [0.1, 0.15) is 43.7 Å². The number of carbonyl (C=O) groups excluding carboxylic acids is 1. The van der Waals surface area contributed by atoms with Gasteiger partial charge in [0.05, 0.1) is 20.0 Å². The van der Waals surface area contributed by atoms with Gasteiger partial charge in [0.1, 0.15) is 0 Å². The maximum atomic E-state index is 12.2. The molecule has 0 spiro atoms. The molecule has 134 valence electrons. The number of aryl methyl sites for hydroxylation is 1. The smallest absolute Gasteiger partial charge is 0.230 e. The van der Waals surface area contributed by atoms with E-state index in [1.165, 1.54) is 24.8 Å². The summed E-state index contributed by atoms with van der Waals surface area (Å²) in [6.07, 6.45) is 4.86. The highest BCUT2D eigenvalue weighted by molar-refractivity contribution is 7.99. The van der Waals surface area contributed by atoms with Crippen molar-refractivity contribution in [3.8, 4) is 11.5 Å². The molecule has 0 radical (unpaired) electrons. The molecule has 1 N–H and O–H groups in total. The van der Waals surface area contributed by atoms with E-state index in [0.717, 1.165) is 29.2 Å². The van der Waals surface area contributed by atoms with Gasteiger partial charge in [0.15, 0.2) is 11.5 Å². The number of methoxy groups -OCH3 is 2. The van der Waals surface area contributed by atoms with Gasteiger partial charge in [-0.1, -0.05) is 19.8 Å². The van der Waals surface area contributed by atoms with Crippen molar-refractivity contribution in [2.45, 2.75) is 51.3 Å². The molecule has 1 aromatic carbocycles. The fourth-order valence-corrected chi connectivity index (χ4v) is 4.11. The average molecular weight is 352 g/mol. The van der Waals surface area contributed by atoms with Crippen molar-refractivity contribution in [2.24, 2.45) is 5.92 Å². The standard InChI is InChI=1S/C19H29NO3S/c1-13-7-5-6-8-16(13)20-19(21)12-24-11-15-10-18(23-4)17(22-3)9-14(15)2/h9-10,13,16H,5-8,11-12H2,1-4H3,(H,20,21)/t13-,16-/m1/s1. The molecule has 2 rings (SSSR count). The number of thioether (sulfide) groups is 1. The van der Waals surface area contributed by atoms with Crippen LogP contribution in [0.25, 0.3) is 0 Å². The van der Waals surface area contributed by atoms with E-state index in [-0.39, 0.29) is 5.91 Å². The minimum Gasteiger partial charge on any atom is -0.493 e. The number of rotatable bonds is 7. The van der Waals surface area contributed by atoms with Gasteiger partial charge in [-0.25, -0.2) is 0 Å². The van der Waals surface area contributed by atoms with Crippen molar-refractivity contribution in [2.75, 3.05) is 20.0 Å². The van der Waals surface area contributed by atoms with Gasteiger partial charge in [0, 0.05) is 11.8 Å². The van der Waals surface area contributed by atoms with Gasteiger partial charge in [-0.2, -0.15) is 0 Å². The Bertz CT molecular complexity index is 562. The summed E-state index contributed by atoms with van der Waals surface area (Å²) in [5, 5.41) is 3.21. The zero-order valence-corrected chi connectivity index (χ0v) is 16.0. The highest BCUT2D eigenvalue weighted by Gasteiger charge is 2.22. The number of amides is 1. The van der Waals surface area contributed by atoms with Crippen molar-refractivity contribution in [1.29, 1.82) is 0 Å². The molecule has 1 saturated carbocycles. The quantitative estimate of drug-likeness (QED) is 0.808. The molecule has 0 heterocycles. The molecule has 0 aliphatic heterocycles. The fourth-order valence-electron chi connectivity index (χ4n) is 3.21.